The Morgan fingerprint density at radius 3 is 2.81 bits per heavy atom. The Hall–Kier alpha value is -0.580. The van der Waals surface area contributed by atoms with Crippen LogP contribution in [0.2, 0.25) is 0 Å². The molecule has 2 N–H and O–H groups in total. The lowest BCUT2D eigenvalue weighted by Gasteiger charge is -2.22. The van der Waals surface area contributed by atoms with E-state index in [9.17, 15) is 0 Å². The van der Waals surface area contributed by atoms with E-state index in [1.807, 2.05) is 13.2 Å². The molecule has 92 valence electrons. The maximum atomic E-state index is 4.50. The monoisotopic (exact) mass is 264 g/mol. The summed E-state index contributed by atoms with van der Waals surface area (Å²) in [5.41, 5.74) is 1.10. The van der Waals surface area contributed by atoms with Crippen LogP contribution in [0, 0.1) is 0 Å². The van der Waals surface area contributed by atoms with Gasteiger partial charge in [0.1, 0.15) is 5.82 Å². The minimum Gasteiger partial charge on any atom is -0.372 e. The fourth-order valence-electron chi connectivity index (χ4n) is 1.80. The molecule has 1 aromatic rings. The van der Waals surface area contributed by atoms with Gasteiger partial charge in [-0.25, -0.2) is 4.98 Å². The number of halogens is 2. The Balaban J connectivity index is 0.00000112. The van der Waals surface area contributed by atoms with E-state index in [2.05, 4.69) is 20.6 Å². The third-order valence-corrected chi connectivity index (χ3v) is 2.62. The number of nitrogens with one attached hydrogen (secondary N) is 2. The number of anilines is 1. The Labute approximate surface area is 108 Å². The highest BCUT2D eigenvalue weighted by Gasteiger charge is 2.16. The average Bonchev–Trinajstić information content (AvgIpc) is 2.30. The molecule has 1 unspecified atom stereocenters. The van der Waals surface area contributed by atoms with Crippen LogP contribution in [-0.4, -0.2) is 30.1 Å². The van der Waals surface area contributed by atoms with Crippen LogP contribution < -0.4 is 10.6 Å². The Bertz CT molecular complexity index is 303. The minimum atomic E-state index is 0. The molecule has 0 saturated carbocycles. The van der Waals surface area contributed by atoms with Crippen LogP contribution in [0.3, 0.4) is 0 Å². The molecule has 2 rings (SSSR count). The fraction of sp³-hybridized carbons (Fsp3) is 0.600. The fourth-order valence-corrected chi connectivity index (χ4v) is 1.80. The van der Waals surface area contributed by atoms with Gasteiger partial charge < -0.3 is 10.6 Å². The highest BCUT2D eigenvalue weighted by molar-refractivity contribution is 5.85. The molecule has 6 heteroatoms. The summed E-state index contributed by atoms with van der Waals surface area (Å²) in [6.07, 6.45) is 6.07. The lowest BCUT2D eigenvalue weighted by atomic mass is 9.97. The van der Waals surface area contributed by atoms with Crippen LogP contribution in [0.4, 0.5) is 5.82 Å². The third kappa shape index (κ3) is 3.77. The van der Waals surface area contributed by atoms with Crippen molar-refractivity contribution < 1.29 is 0 Å². The molecule has 0 bridgehead atoms. The maximum Gasteiger partial charge on any atom is 0.144 e. The Morgan fingerprint density at radius 1 is 1.38 bits per heavy atom. The van der Waals surface area contributed by atoms with Crippen LogP contribution in [0.5, 0.6) is 0 Å². The highest BCUT2D eigenvalue weighted by Crippen LogP contribution is 2.21. The zero-order valence-electron chi connectivity index (χ0n) is 9.27. The van der Waals surface area contributed by atoms with E-state index in [0.29, 0.717) is 5.92 Å². The SMILES string of the molecule is CNc1cncc(C2CCCNC2)n1.Cl.Cl. The van der Waals surface area contributed by atoms with Gasteiger partial charge in [-0.05, 0) is 19.4 Å². The van der Waals surface area contributed by atoms with Crippen molar-refractivity contribution in [3.8, 4) is 0 Å². The normalized spacial score (nSPS) is 19.2. The van der Waals surface area contributed by atoms with Gasteiger partial charge in [0.25, 0.3) is 0 Å². The molecule has 1 atom stereocenters. The van der Waals surface area contributed by atoms with Crippen molar-refractivity contribution in [2.75, 3.05) is 25.5 Å². The van der Waals surface area contributed by atoms with Crippen LogP contribution in [0.25, 0.3) is 0 Å². The molecule has 1 aliphatic heterocycles. The first kappa shape index (κ1) is 15.4. The standard InChI is InChI=1S/C10H16N4.2ClH/c1-11-10-7-13-6-9(14-10)8-3-2-4-12-5-8;;/h6-8,12H,2-5H2,1H3,(H,11,14);2*1H. The molecule has 0 aromatic carbocycles. The van der Waals surface area contributed by atoms with Gasteiger partial charge in [0.15, 0.2) is 0 Å². The number of hydrogen-bond acceptors (Lipinski definition) is 4. The topological polar surface area (TPSA) is 49.8 Å². The predicted octanol–water partition coefficient (Wildman–Crippen LogP) is 1.83. The first-order valence-corrected chi connectivity index (χ1v) is 5.10. The maximum absolute atomic E-state index is 4.50. The molecule has 16 heavy (non-hydrogen) atoms. The second-order valence-corrected chi connectivity index (χ2v) is 3.62. The molecule has 1 saturated heterocycles. The first-order valence-electron chi connectivity index (χ1n) is 5.10. The molecule has 4 nitrogen and oxygen atoms in total. The zero-order valence-corrected chi connectivity index (χ0v) is 10.9. The van der Waals surface area contributed by atoms with E-state index >= 15 is 0 Å². The van der Waals surface area contributed by atoms with Gasteiger partial charge in [-0.3, -0.25) is 4.98 Å². The second-order valence-electron chi connectivity index (χ2n) is 3.62. The average molecular weight is 265 g/mol. The molecular weight excluding hydrogens is 247 g/mol. The number of hydrogen-bond donors (Lipinski definition) is 2. The lowest BCUT2D eigenvalue weighted by Crippen LogP contribution is -2.29. The smallest absolute Gasteiger partial charge is 0.144 e. The van der Waals surface area contributed by atoms with Gasteiger partial charge >= 0.3 is 0 Å². The van der Waals surface area contributed by atoms with Crippen molar-refractivity contribution in [1.82, 2.24) is 15.3 Å². The summed E-state index contributed by atoms with van der Waals surface area (Å²) < 4.78 is 0. The molecule has 1 fully saturated rings. The summed E-state index contributed by atoms with van der Waals surface area (Å²) in [4.78, 5) is 8.68. The third-order valence-electron chi connectivity index (χ3n) is 2.62. The van der Waals surface area contributed by atoms with Crippen LogP contribution in [0.15, 0.2) is 12.4 Å². The number of nitrogens with zero attached hydrogens (tertiary/aromatic N) is 2. The van der Waals surface area contributed by atoms with Gasteiger partial charge in [0.2, 0.25) is 0 Å². The van der Waals surface area contributed by atoms with Crippen LogP contribution in [-0.2, 0) is 0 Å². The van der Waals surface area contributed by atoms with E-state index < -0.39 is 0 Å². The molecule has 0 amide bonds. The van der Waals surface area contributed by atoms with Crippen LogP contribution in [0.1, 0.15) is 24.5 Å². The summed E-state index contributed by atoms with van der Waals surface area (Å²) in [5, 5.41) is 6.40. The summed E-state index contributed by atoms with van der Waals surface area (Å²) in [6, 6.07) is 0. The lowest BCUT2D eigenvalue weighted by molar-refractivity contribution is 0.454. The van der Waals surface area contributed by atoms with E-state index in [1.54, 1.807) is 6.20 Å². The van der Waals surface area contributed by atoms with Gasteiger partial charge in [-0.2, -0.15) is 0 Å². The van der Waals surface area contributed by atoms with Crippen molar-refractivity contribution in [3.05, 3.63) is 18.1 Å². The van der Waals surface area contributed by atoms with Gasteiger partial charge in [-0.1, -0.05) is 0 Å². The van der Waals surface area contributed by atoms with E-state index in [-0.39, 0.29) is 24.8 Å². The van der Waals surface area contributed by atoms with Crippen molar-refractivity contribution in [3.63, 3.8) is 0 Å². The summed E-state index contributed by atoms with van der Waals surface area (Å²) in [5.74, 6) is 1.39. The molecule has 0 radical (unpaired) electrons. The first-order chi connectivity index (χ1) is 6.90. The van der Waals surface area contributed by atoms with Gasteiger partial charge in [0.05, 0.1) is 11.9 Å². The Kier molecular flexibility index (Phi) is 7.38. The molecule has 1 aromatic heterocycles. The quantitative estimate of drug-likeness (QED) is 0.856. The summed E-state index contributed by atoms with van der Waals surface area (Å²) in [6.45, 7) is 2.16. The highest BCUT2D eigenvalue weighted by atomic mass is 35.5. The van der Waals surface area contributed by atoms with Crippen molar-refractivity contribution >= 4 is 30.6 Å². The molecular formula is C10H18Cl2N4. The number of piperidine rings is 1. The predicted molar refractivity (Wildman–Crippen MR) is 70.9 cm³/mol. The molecule has 2 heterocycles. The van der Waals surface area contributed by atoms with Crippen molar-refractivity contribution in [1.29, 1.82) is 0 Å². The number of aromatic nitrogens is 2. The van der Waals surface area contributed by atoms with E-state index in [4.69, 9.17) is 0 Å². The second kappa shape index (κ2) is 7.65. The zero-order chi connectivity index (χ0) is 9.80. The van der Waals surface area contributed by atoms with Gasteiger partial charge in [-0.15, -0.1) is 24.8 Å². The summed E-state index contributed by atoms with van der Waals surface area (Å²) in [7, 11) is 1.87. The Morgan fingerprint density at radius 2 is 2.19 bits per heavy atom. The molecule has 1 aliphatic rings. The van der Waals surface area contributed by atoms with Crippen molar-refractivity contribution in [2.24, 2.45) is 0 Å². The van der Waals surface area contributed by atoms with Gasteiger partial charge in [0, 0.05) is 25.7 Å². The van der Waals surface area contributed by atoms with E-state index in [1.165, 1.54) is 12.8 Å². The van der Waals surface area contributed by atoms with Crippen LogP contribution >= 0.6 is 24.8 Å². The molecule has 0 aliphatic carbocycles. The summed E-state index contributed by atoms with van der Waals surface area (Å²) >= 11 is 0. The molecule has 0 spiro atoms. The van der Waals surface area contributed by atoms with Crippen molar-refractivity contribution in [2.45, 2.75) is 18.8 Å². The largest absolute Gasteiger partial charge is 0.372 e. The minimum absolute atomic E-state index is 0. The number of rotatable bonds is 2. The van der Waals surface area contributed by atoms with E-state index in [0.717, 1.165) is 24.6 Å².